The number of carboxylic acid groups (broad SMARTS) is 1. The highest BCUT2D eigenvalue weighted by Crippen LogP contribution is 2.42. The molecule has 0 spiro atoms. The maximum Gasteiger partial charge on any atom is 0.317 e. The summed E-state index contributed by atoms with van der Waals surface area (Å²) in [7, 11) is 1.64. The second-order valence-electron chi connectivity index (χ2n) is 8.23. The molecular weight excluding hydrogens is 475 g/mol. The Morgan fingerprint density at radius 3 is 2.44 bits per heavy atom. The molecule has 0 aromatic heterocycles. The molecule has 6 nitrogen and oxygen atoms in total. The average Bonchev–Trinajstić information content (AvgIpc) is 2.90. The number of amides is 1. The smallest absolute Gasteiger partial charge is 0.317 e. The number of anilines is 1. The number of carboxylic acids is 1. The molecule has 34 heavy (non-hydrogen) atoms. The van der Waals surface area contributed by atoms with Gasteiger partial charge in [-0.2, -0.15) is 0 Å². The number of benzene rings is 3. The minimum Gasteiger partial charge on any atom is -0.480 e. The fourth-order valence-electron chi connectivity index (χ4n) is 4.13. The predicted octanol–water partition coefficient (Wildman–Crippen LogP) is 5.03. The second-order valence-corrected chi connectivity index (χ2v) is 9.07. The highest BCUT2D eigenvalue weighted by Gasteiger charge is 2.38. The van der Waals surface area contributed by atoms with Crippen LogP contribution < -0.4 is 4.90 Å². The van der Waals surface area contributed by atoms with Gasteiger partial charge >= 0.3 is 5.97 Å². The van der Waals surface area contributed by atoms with Crippen molar-refractivity contribution >= 4 is 40.8 Å². The molecule has 2 atom stereocenters. The molecule has 3 aromatic rings. The van der Waals surface area contributed by atoms with E-state index in [2.05, 4.69) is 0 Å². The minimum absolute atomic E-state index is 0.0963. The number of halogens is 2. The topological polar surface area (TPSA) is 70.1 Å². The summed E-state index contributed by atoms with van der Waals surface area (Å²) in [6.45, 7) is 0.201. The van der Waals surface area contributed by atoms with Gasteiger partial charge in [-0.05, 0) is 36.9 Å². The number of likely N-dealkylation sites (N-methyl/N-ethyl adjacent to an activating group) is 1. The van der Waals surface area contributed by atoms with Crippen LogP contribution >= 0.6 is 23.2 Å². The molecule has 0 aliphatic carbocycles. The van der Waals surface area contributed by atoms with Crippen molar-refractivity contribution < 1.29 is 19.4 Å². The molecule has 0 radical (unpaired) electrons. The average molecular weight is 499 g/mol. The van der Waals surface area contributed by atoms with Gasteiger partial charge in [-0.1, -0.05) is 71.7 Å². The molecule has 3 aromatic carbocycles. The highest BCUT2D eigenvalue weighted by molar-refractivity contribution is 6.31. The third-order valence-corrected chi connectivity index (χ3v) is 6.24. The van der Waals surface area contributed by atoms with Crippen molar-refractivity contribution in [1.82, 2.24) is 4.90 Å². The van der Waals surface area contributed by atoms with E-state index in [0.717, 1.165) is 5.56 Å². The molecule has 1 aliphatic heterocycles. The Morgan fingerprint density at radius 2 is 1.74 bits per heavy atom. The molecule has 8 heteroatoms. The molecule has 1 N–H and O–H groups in total. The number of hydrogen-bond acceptors (Lipinski definition) is 4. The SMILES string of the molecule is CN(CC(=O)O)CC1OC(c2ccccc2Cl)c2cc(Cl)ccc2N(Cc2ccccc2)C1=O. The van der Waals surface area contributed by atoms with E-state index in [1.54, 1.807) is 35.0 Å². The summed E-state index contributed by atoms with van der Waals surface area (Å²) in [5.74, 6) is -1.25. The first kappa shape index (κ1) is 24.2. The van der Waals surface area contributed by atoms with Gasteiger partial charge in [-0.15, -0.1) is 0 Å². The van der Waals surface area contributed by atoms with E-state index in [4.69, 9.17) is 27.9 Å². The standard InChI is InChI=1S/C26H24Cl2N2O4/c1-29(16-24(31)32)15-23-26(33)30(14-17-7-3-2-4-8-17)22-12-11-18(27)13-20(22)25(34-23)19-9-5-6-10-21(19)28/h2-13,23,25H,14-16H2,1H3,(H,31,32). The molecule has 0 saturated carbocycles. The molecule has 4 rings (SSSR count). The lowest BCUT2D eigenvalue weighted by Crippen LogP contribution is -2.45. The van der Waals surface area contributed by atoms with Gasteiger partial charge in [0.15, 0.2) is 6.10 Å². The molecule has 2 unspecified atom stereocenters. The Bertz CT molecular complexity index is 1190. The lowest BCUT2D eigenvalue weighted by atomic mass is 9.99. The fraction of sp³-hybridized carbons (Fsp3) is 0.231. The Morgan fingerprint density at radius 1 is 1.03 bits per heavy atom. The highest BCUT2D eigenvalue weighted by atomic mass is 35.5. The van der Waals surface area contributed by atoms with Gasteiger partial charge in [0.25, 0.3) is 5.91 Å². The molecule has 1 aliphatic rings. The summed E-state index contributed by atoms with van der Waals surface area (Å²) in [5.41, 5.74) is 3.04. The summed E-state index contributed by atoms with van der Waals surface area (Å²) in [6.07, 6.45) is -1.60. The van der Waals surface area contributed by atoms with Crippen molar-refractivity contribution in [2.24, 2.45) is 0 Å². The van der Waals surface area contributed by atoms with Gasteiger partial charge in [0.2, 0.25) is 0 Å². The van der Waals surface area contributed by atoms with Crippen molar-refractivity contribution in [3.63, 3.8) is 0 Å². The van der Waals surface area contributed by atoms with Crippen LogP contribution in [0, 0.1) is 0 Å². The first-order valence-electron chi connectivity index (χ1n) is 10.8. The van der Waals surface area contributed by atoms with Gasteiger partial charge in [-0.25, -0.2) is 0 Å². The Hall–Kier alpha value is -2.90. The number of ether oxygens (including phenoxy) is 1. The Balaban J connectivity index is 1.83. The number of fused-ring (bicyclic) bond motifs is 1. The van der Waals surface area contributed by atoms with E-state index >= 15 is 0 Å². The molecule has 0 bridgehead atoms. The van der Waals surface area contributed by atoms with Crippen molar-refractivity contribution in [2.45, 2.75) is 18.8 Å². The van der Waals surface area contributed by atoms with Crippen molar-refractivity contribution in [2.75, 3.05) is 25.0 Å². The van der Waals surface area contributed by atoms with Crippen LogP contribution in [-0.2, 0) is 20.9 Å². The number of carbonyl (C=O) groups is 2. The minimum atomic E-state index is -0.984. The van der Waals surface area contributed by atoms with E-state index in [1.165, 1.54) is 0 Å². The zero-order valence-corrected chi connectivity index (χ0v) is 20.0. The summed E-state index contributed by atoms with van der Waals surface area (Å²) in [4.78, 5) is 28.3. The maximum atomic E-state index is 13.8. The van der Waals surface area contributed by atoms with E-state index in [0.29, 0.717) is 33.4 Å². The molecular formula is C26H24Cl2N2O4. The zero-order valence-electron chi connectivity index (χ0n) is 18.5. The van der Waals surface area contributed by atoms with Crippen LogP contribution in [0.5, 0.6) is 0 Å². The first-order chi connectivity index (χ1) is 16.3. The van der Waals surface area contributed by atoms with E-state index < -0.39 is 18.2 Å². The summed E-state index contributed by atoms with van der Waals surface area (Å²) >= 11 is 12.9. The van der Waals surface area contributed by atoms with Crippen LogP contribution in [-0.4, -0.2) is 48.1 Å². The van der Waals surface area contributed by atoms with Gasteiger partial charge in [0.05, 0.1) is 18.8 Å². The van der Waals surface area contributed by atoms with E-state index in [1.807, 2.05) is 54.6 Å². The molecule has 176 valence electrons. The summed E-state index contributed by atoms with van der Waals surface area (Å²) in [6, 6.07) is 22.3. The number of nitrogens with zero attached hydrogens (tertiary/aromatic N) is 2. The first-order valence-corrected chi connectivity index (χ1v) is 11.5. The molecule has 0 fully saturated rings. The number of aliphatic carboxylic acids is 1. The zero-order chi connectivity index (χ0) is 24.2. The van der Waals surface area contributed by atoms with Crippen molar-refractivity contribution in [3.05, 3.63) is 99.5 Å². The van der Waals surface area contributed by atoms with Crippen molar-refractivity contribution in [1.29, 1.82) is 0 Å². The van der Waals surface area contributed by atoms with Gasteiger partial charge < -0.3 is 14.7 Å². The number of rotatable bonds is 7. The number of carbonyl (C=O) groups excluding carboxylic acids is 1. The van der Waals surface area contributed by atoms with Gasteiger partial charge in [0.1, 0.15) is 6.10 Å². The Kier molecular flexibility index (Phi) is 7.54. The quantitative estimate of drug-likeness (QED) is 0.494. The maximum absolute atomic E-state index is 13.8. The lowest BCUT2D eigenvalue weighted by Gasteiger charge is -2.27. The molecule has 1 amide bonds. The lowest BCUT2D eigenvalue weighted by molar-refractivity contribution is -0.140. The van der Waals surface area contributed by atoms with E-state index in [9.17, 15) is 14.7 Å². The van der Waals surface area contributed by atoms with Crippen LogP contribution in [0.1, 0.15) is 22.8 Å². The fourth-order valence-corrected chi connectivity index (χ4v) is 4.54. The third kappa shape index (κ3) is 5.42. The summed E-state index contributed by atoms with van der Waals surface area (Å²) in [5, 5.41) is 10.2. The van der Waals surface area contributed by atoms with Gasteiger partial charge in [-0.3, -0.25) is 14.5 Å². The van der Waals surface area contributed by atoms with Crippen LogP contribution in [0.2, 0.25) is 10.0 Å². The largest absolute Gasteiger partial charge is 0.480 e. The normalized spacial score (nSPS) is 18.0. The monoisotopic (exact) mass is 498 g/mol. The van der Waals surface area contributed by atoms with Crippen LogP contribution in [0.3, 0.4) is 0 Å². The Labute approximate surface area is 208 Å². The second kappa shape index (κ2) is 10.6. The van der Waals surface area contributed by atoms with Gasteiger partial charge in [0, 0.05) is 27.7 Å². The molecule has 1 heterocycles. The predicted molar refractivity (Wildman–Crippen MR) is 132 cm³/mol. The third-order valence-electron chi connectivity index (χ3n) is 5.66. The van der Waals surface area contributed by atoms with Crippen molar-refractivity contribution in [3.8, 4) is 0 Å². The summed E-state index contributed by atoms with van der Waals surface area (Å²) < 4.78 is 6.42. The van der Waals surface area contributed by atoms with Crippen LogP contribution in [0.25, 0.3) is 0 Å². The van der Waals surface area contributed by atoms with Crippen LogP contribution in [0.15, 0.2) is 72.8 Å². The number of hydrogen-bond donors (Lipinski definition) is 1. The molecule has 0 saturated heterocycles. The van der Waals surface area contributed by atoms with Crippen LogP contribution in [0.4, 0.5) is 5.69 Å². The van der Waals surface area contributed by atoms with E-state index in [-0.39, 0.29) is 19.0 Å².